The van der Waals surface area contributed by atoms with Crippen LogP contribution in [0.1, 0.15) is 6.92 Å². The van der Waals surface area contributed by atoms with Gasteiger partial charge in [-0.3, -0.25) is 4.90 Å². The van der Waals surface area contributed by atoms with Crippen molar-refractivity contribution in [2.75, 3.05) is 54.0 Å². The minimum atomic E-state index is 0.445. The topological polar surface area (TPSA) is 27.7 Å². The Labute approximate surface area is 93.6 Å². The molecule has 1 aliphatic rings. The SMILES string of the molecule is CNC(COC)CN1CCN(C)CC1C. The average Bonchev–Trinajstić information content (AvgIpc) is 2.21. The van der Waals surface area contributed by atoms with E-state index in [4.69, 9.17) is 4.74 Å². The van der Waals surface area contributed by atoms with E-state index >= 15 is 0 Å². The molecule has 1 aliphatic heterocycles. The summed E-state index contributed by atoms with van der Waals surface area (Å²) in [5.74, 6) is 0. The number of ether oxygens (including phenoxy) is 1. The zero-order valence-electron chi connectivity index (χ0n) is 10.5. The highest BCUT2D eigenvalue weighted by Gasteiger charge is 2.23. The number of likely N-dealkylation sites (N-methyl/N-ethyl adjacent to an activating group) is 2. The number of nitrogens with one attached hydrogen (secondary N) is 1. The third-order valence-corrected chi connectivity index (χ3v) is 3.20. The first kappa shape index (κ1) is 12.9. The lowest BCUT2D eigenvalue weighted by Gasteiger charge is -2.39. The minimum Gasteiger partial charge on any atom is -0.383 e. The van der Waals surface area contributed by atoms with E-state index in [1.165, 1.54) is 19.6 Å². The van der Waals surface area contributed by atoms with E-state index in [2.05, 4.69) is 29.1 Å². The van der Waals surface area contributed by atoms with Crippen LogP contribution in [-0.4, -0.2) is 75.9 Å². The molecule has 0 aromatic rings. The normalized spacial score (nSPS) is 26.8. The maximum absolute atomic E-state index is 5.19. The molecular weight excluding hydrogens is 190 g/mol. The standard InChI is InChI=1S/C11H25N3O/c1-10-7-13(3)5-6-14(10)8-11(12-2)9-15-4/h10-12H,5-9H2,1-4H3. The molecule has 4 heteroatoms. The van der Waals surface area contributed by atoms with Crippen molar-refractivity contribution in [3.05, 3.63) is 0 Å². The molecule has 1 fully saturated rings. The summed E-state index contributed by atoms with van der Waals surface area (Å²) in [6, 6.07) is 1.09. The van der Waals surface area contributed by atoms with Crippen molar-refractivity contribution < 1.29 is 4.74 Å². The lowest BCUT2D eigenvalue weighted by Crippen LogP contribution is -2.54. The zero-order chi connectivity index (χ0) is 11.3. The summed E-state index contributed by atoms with van der Waals surface area (Å²) in [6.07, 6.45) is 0. The molecule has 0 bridgehead atoms. The van der Waals surface area contributed by atoms with Gasteiger partial charge >= 0.3 is 0 Å². The molecular formula is C11H25N3O. The van der Waals surface area contributed by atoms with Crippen LogP contribution in [0.25, 0.3) is 0 Å². The summed E-state index contributed by atoms with van der Waals surface area (Å²) >= 11 is 0. The van der Waals surface area contributed by atoms with Gasteiger partial charge in [-0.1, -0.05) is 0 Å². The molecule has 15 heavy (non-hydrogen) atoms. The smallest absolute Gasteiger partial charge is 0.0628 e. The van der Waals surface area contributed by atoms with Gasteiger partial charge in [0.25, 0.3) is 0 Å². The van der Waals surface area contributed by atoms with Crippen LogP contribution in [0.15, 0.2) is 0 Å². The first-order valence-corrected chi connectivity index (χ1v) is 5.76. The van der Waals surface area contributed by atoms with Crippen molar-refractivity contribution in [1.29, 1.82) is 0 Å². The molecule has 0 aliphatic carbocycles. The van der Waals surface area contributed by atoms with E-state index in [0.717, 1.165) is 13.2 Å². The lowest BCUT2D eigenvalue weighted by atomic mass is 10.1. The van der Waals surface area contributed by atoms with Crippen molar-refractivity contribution in [2.45, 2.75) is 19.0 Å². The van der Waals surface area contributed by atoms with Crippen LogP contribution in [0, 0.1) is 0 Å². The van der Waals surface area contributed by atoms with E-state index in [-0.39, 0.29) is 0 Å². The average molecular weight is 215 g/mol. The van der Waals surface area contributed by atoms with E-state index in [9.17, 15) is 0 Å². The quantitative estimate of drug-likeness (QED) is 0.691. The molecule has 0 amide bonds. The molecule has 4 nitrogen and oxygen atoms in total. The number of hydrogen-bond acceptors (Lipinski definition) is 4. The van der Waals surface area contributed by atoms with Crippen molar-refractivity contribution in [3.63, 3.8) is 0 Å². The molecule has 90 valence electrons. The fourth-order valence-electron chi connectivity index (χ4n) is 2.16. The first-order chi connectivity index (χ1) is 7.17. The molecule has 0 spiro atoms. The number of methoxy groups -OCH3 is 1. The van der Waals surface area contributed by atoms with Crippen LogP contribution in [0.2, 0.25) is 0 Å². The predicted molar refractivity (Wildman–Crippen MR) is 63.3 cm³/mol. The molecule has 1 saturated heterocycles. The third-order valence-electron chi connectivity index (χ3n) is 3.20. The van der Waals surface area contributed by atoms with Crippen LogP contribution in [0.3, 0.4) is 0 Å². The second-order valence-corrected chi connectivity index (χ2v) is 4.55. The maximum atomic E-state index is 5.19. The van der Waals surface area contributed by atoms with Gasteiger partial charge in [0.2, 0.25) is 0 Å². The number of hydrogen-bond donors (Lipinski definition) is 1. The van der Waals surface area contributed by atoms with Crippen LogP contribution >= 0.6 is 0 Å². The van der Waals surface area contributed by atoms with Crippen LogP contribution in [0.5, 0.6) is 0 Å². The highest BCUT2D eigenvalue weighted by Crippen LogP contribution is 2.08. The van der Waals surface area contributed by atoms with Crippen molar-refractivity contribution in [2.24, 2.45) is 0 Å². The summed E-state index contributed by atoms with van der Waals surface area (Å²) in [5, 5.41) is 3.30. The minimum absolute atomic E-state index is 0.445. The molecule has 0 saturated carbocycles. The monoisotopic (exact) mass is 215 g/mol. The fraction of sp³-hybridized carbons (Fsp3) is 1.00. The van der Waals surface area contributed by atoms with E-state index < -0.39 is 0 Å². The Morgan fingerprint density at radius 2 is 2.20 bits per heavy atom. The van der Waals surface area contributed by atoms with Gasteiger partial charge in [-0.25, -0.2) is 0 Å². The Hall–Kier alpha value is -0.160. The van der Waals surface area contributed by atoms with Gasteiger partial charge in [0.05, 0.1) is 6.61 Å². The summed E-state index contributed by atoms with van der Waals surface area (Å²) in [5.41, 5.74) is 0. The van der Waals surface area contributed by atoms with Gasteiger partial charge in [-0.2, -0.15) is 0 Å². The Bertz CT molecular complexity index is 177. The Morgan fingerprint density at radius 3 is 2.73 bits per heavy atom. The predicted octanol–water partition coefficient (Wildman–Crippen LogP) is -0.143. The maximum Gasteiger partial charge on any atom is 0.0628 e. The molecule has 2 atom stereocenters. The molecule has 1 heterocycles. The van der Waals surface area contributed by atoms with Gasteiger partial charge < -0.3 is 15.0 Å². The van der Waals surface area contributed by atoms with Crippen molar-refractivity contribution in [1.82, 2.24) is 15.1 Å². The molecule has 0 aromatic carbocycles. The largest absolute Gasteiger partial charge is 0.383 e. The van der Waals surface area contributed by atoms with E-state index in [0.29, 0.717) is 12.1 Å². The summed E-state index contributed by atoms with van der Waals surface area (Å²) < 4.78 is 5.19. The molecule has 1 rings (SSSR count). The first-order valence-electron chi connectivity index (χ1n) is 5.76. The number of rotatable bonds is 5. The second-order valence-electron chi connectivity index (χ2n) is 4.55. The van der Waals surface area contributed by atoms with E-state index in [1.54, 1.807) is 7.11 Å². The van der Waals surface area contributed by atoms with Gasteiger partial charge in [-0.15, -0.1) is 0 Å². The van der Waals surface area contributed by atoms with E-state index in [1.807, 2.05) is 7.05 Å². The van der Waals surface area contributed by atoms with Gasteiger partial charge in [0.1, 0.15) is 0 Å². The molecule has 0 radical (unpaired) electrons. The molecule has 1 N–H and O–H groups in total. The third kappa shape index (κ3) is 4.07. The molecule has 0 aromatic heterocycles. The summed E-state index contributed by atoms with van der Waals surface area (Å²) in [6.45, 7) is 7.68. The Morgan fingerprint density at radius 1 is 1.47 bits per heavy atom. The van der Waals surface area contributed by atoms with Crippen LogP contribution in [-0.2, 0) is 4.74 Å². The van der Waals surface area contributed by atoms with Crippen molar-refractivity contribution >= 4 is 0 Å². The summed E-state index contributed by atoms with van der Waals surface area (Å²) in [7, 11) is 5.96. The van der Waals surface area contributed by atoms with Gasteiger partial charge in [-0.05, 0) is 21.0 Å². The fourth-order valence-corrected chi connectivity index (χ4v) is 2.16. The lowest BCUT2D eigenvalue weighted by molar-refractivity contribution is 0.0739. The Balaban J connectivity index is 2.35. The Kier molecular flexibility index (Phi) is 5.53. The van der Waals surface area contributed by atoms with Crippen LogP contribution < -0.4 is 5.32 Å². The van der Waals surface area contributed by atoms with Gasteiger partial charge in [0.15, 0.2) is 0 Å². The number of piperazine rings is 1. The van der Waals surface area contributed by atoms with Crippen molar-refractivity contribution in [3.8, 4) is 0 Å². The second kappa shape index (κ2) is 6.43. The zero-order valence-corrected chi connectivity index (χ0v) is 10.5. The van der Waals surface area contributed by atoms with Crippen LogP contribution in [0.4, 0.5) is 0 Å². The highest BCUT2D eigenvalue weighted by atomic mass is 16.5. The summed E-state index contributed by atoms with van der Waals surface area (Å²) in [4.78, 5) is 4.94. The van der Waals surface area contributed by atoms with Gasteiger partial charge in [0, 0.05) is 45.4 Å². The highest BCUT2D eigenvalue weighted by molar-refractivity contribution is 4.80. The number of nitrogens with zero attached hydrogens (tertiary/aromatic N) is 2. The molecule has 2 unspecified atom stereocenters.